The van der Waals surface area contributed by atoms with Crippen LogP contribution in [-0.2, 0) is 14.3 Å². The van der Waals surface area contributed by atoms with Crippen LogP contribution in [0, 0.1) is 6.92 Å². The molecule has 1 atom stereocenters. The molecule has 22 heavy (non-hydrogen) atoms. The summed E-state index contributed by atoms with van der Waals surface area (Å²) >= 11 is 0. The lowest BCUT2D eigenvalue weighted by Gasteiger charge is -2.11. The Bertz CT molecular complexity index is 789. The molecule has 0 saturated carbocycles. The number of aryl methyl sites for hydroxylation is 1. The standard InChI is InChI=1S/C18H18O3S/c1-14-6-10-17(11-7-14)22(19,20)21-13-12-16-9-8-15-4-2-3-5-18(15)16/h2-11,16H,12-13H2,1H3. The molecule has 0 aliphatic heterocycles. The number of allylic oxidation sites excluding steroid dienone is 1. The first-order valence-electron chi connectivity index (χ1n) is 7.29. The molecule has 0 radical (unpaired) electrons. The minimum Gasteiger partial charge on any atom is -0.266 e. The number of hydrogen-bond acceptors (Lipinski definition) is 3. The van der Waals surface area contributed by atoms with Crippen molar-refractivity contribution in [3.05, 3.63) is 71.3 Å². The van der Waals surface area contributed by atoms with Crippen LogP contribution in [-0.4, -0.2) is 15.0 Å². The van der Waals surface area contributed by atoms with Crippen molar-refractivity contribution in [3.8, 4) is 0 Å². The Morgan fingerprint density at radius 1 is 1.05 bits per heavy atom. The van der Waals surface area contributed by atoms with Crippen LogP contribution in [0.1, 0.15) is 29.0 Å². The fraction of sp³-hybridized carbons (Fsp3) is 0.222. The van der Waals surface area contributed by atoms with Crippen LogP contribution in [0.5, 0.6) is 0 Å². The summed E-state index contributed by atoms with van der Waals surface area (Å²) in [7, 11) is -3.67. The van der Waals surface area contributed by atoms with Crippen molar-refractivity contribution in [2.45, 2.75) is 24.2 Å². The van der Waals surface area contributed by atoms with Gasteiger partial charge in [0.05, 0.1) is 11.5 Å². The second-order valence-electron chi connectivity index (χ2n) is 5.47. The van der Waals surface area contributed by atoms with Gasteiger partial charge in [0.2, 0.25) is 0 Å². The summed E-state index contributed by atoms with van der Waals surface area (Å²) in [5, 5.41) is 0. The molecule has 2 aromatic rings. The average molecular weight is 314 g/mol. The van der Waals surface area contributed by atoms with E-state index in [4.69, 9.17) is 4.18 Å². The Hall–Kier alpha value is -1.91. The van der Waals surface area contributed by atoms with E-state index in [2.05, 4.69) is 24.3 Å². The van der Waals surface area contributed by atoms with Gasteiger partial charge < -0.3 is 0 Å². The van der Waals surface area contributed by atoms with Crippen LogP contribution in [0.4, 0.5) is 0 Å². The highest BCUT2D eigenvalue weighted by Gasteiger charge is 2.19. The number of fused-ring (bicyclic) bond motifs is 1. The summed E-state index contributed by atoms with van der Waals surface area (Å²) in [6.07, 6.45) is 4.83. The van der Waals surface area contributed by atoms with Crippen molar-refractivity contribution in [2.75, 3.05) is 6.61 Å². The number of hydrogen-bond donors (Lipinski definition) is 0. The predicted octanol–water partition coefficient (Wildman–Crippen LogP) is 3.90. The zero-order valence-corrected chi connectivity index (χ0v) is 13.2. The van der Waals surface area contributed by atoms with Gasteiger partial charge in [0, 0.05) is 5.92 Å². The van der Waals surface area contributed by atoms with E-state index in [0.29, 0.717) is 6.42 Å². The van der Waals surface area contributed by atoms with Crippen molar-refractivity contribution < 1.29 is 12.6 Å². The van der Waals surface area contributed by atoms with Gasteiger partial charge in [-0.05, 0) is 36.6 Å². The van der Waals surface area contributed by atoms with Crippen molar-refractivity contribution in [1.82, 2.24) is 0 Å². The average Bonchev–Trinajstić information content (AvgIpc) is 2.91. The van der Waals surface area contributed by atoms with Gasteiger partial charge in [-0.1, -0.05) is 54.1 Å². The molecule has 0 amide bonds. The smallest absolute Gasteiger partial charge is 0.266 e. The Morgan fingerprint density at radius 2 is 1.77 bits per heavy atom. The first kappa shape index (κ1) is 15.0. The molecule has 0 aromatic heterocycles. The highest BCUT2D eigenvalue weighted by molar-refractivity contribution is 7.86. The maximum absolute atomic E-state index is 12.1. The normalized spacial score (nSPS) is 16.7. The van der Waals surface area contributed by atoms with Gasteiger partial charge in [0.25, 0.3) is 10.1 Å². The largest absolute Gasteiger partial charge is 0.296 e. The van der Waals surface area contributed by atoms with Gasteiger partial charge in [-0.15, -0.1) is 0 Å². The van der Waals surface area contributed by atoms with Crippen molar-refractivity contribution in [3.63, 3.8) is 0 Å². The molecule has 114 valence electrons. The molecule has 0 heterocycles. The topological polar surface area (TPSA) is 43.4 Å². The Labute approximate surface area is 131 Å². The summed E-state index contributed by atoms with van der Waals surface area (Å²) in [5.74, 6) is 0.226. The lowest BCUT2D eigenvalue weighted by molar-refractivity contribution is 0.307. The van der Waals surface area contributed by atoms with E-state index in [9.17, 15) is 8.42 Å². The predicted molar refractivity (Wildman–Crippen MR) is 87.2 cm³/mol. The zero-order chi connectivity index (χ0) is 15.6. The molecule has 3 rings (SSSR count). The molecule has 0 N–H and O–H groups in total. The van der Waals surface area contributed by atoms with Gasteiger partial charge in [-0.25, -0.2) is 0 Å². The number of rotatable bonds is 5. The lowest BCUT2D eigenvalue weighted by Crippen LogP contribution is -2.09. The van der Waals surface area contributed by atoms with Crippen LogP contribution in [0.2, 0.25) is 0 Å². The van der Waals surface area contributed by atoms with Gasteiger partial charge in [-0.3, -0.25) is 4.18 Å². The monoisotopic (exact) mass is 314 g/mol. The molecule has 0 fully saturated rings. The van der Waals surface area contributed by atoms with Crippen LogP contribution < -0.4 is 0 Å². The quantitative estimate of drug-likeness (QED) is 0.786. The third-order valence-electron chi connectivity index (χ3n) is 3.88. The van der Waals surface area contributed by atoms with E-state index in [1.54, 1.807) is 24.3 Å². The first-order chi connectivity index (χ1) is 10.6. The molecule has 4 heteroatoms. The third kappa shape index (κ3) is 3.13. The van der Waals surface area contributed by atoms with Crippen LogP contribution >= 0.6 is 0 Å². The van der Waals surface area contributed by atoms with Gasteiger partial charge >= 0.3 is 0 Å². The van der Waals surface area contributed by atoms with Crippen LogP contribution in [0.25, 0.3) is 6.08 Å². The Balaban J connectivity index is 1.62. The van der Waals surface area contributed by atoms with Gasteiger partial charge in [-0.2, -0.15) is 8.42 Å². The van der Waals surface area contributed by atoms with Crippen LogP contribution in [0.3, 0.4) is 0 Å². The van der Waals surface area contributed by atoms with E-state index in [1.165, 1.54) is 11.1 Å². The van der Waals surface area contributed by atoms with Gasteiger partial charge in [0.15, 0.2) is 0 Å². The highest BCUT2D eigenvalue weighted by Crippen LogP contribution is 2.32. The second kappa shape index (κ2) is 6.07. The molecular weight excluding hydrogens is 296 g/mol. The van der Waals surface area contributed by atoms with E-state index in [-0.39, 0.29) is 17.4 Å². The van der Waals surface area contributed by atoms with E-state index >= 15 is 0 Å². The highest BCUT2D eigenvalue weighted by atomic mass is 32.2. The second-order valence-corrected chi connectivity index (χ2v) is 7.09. The molecule has 1 unspecified atom stereocenters. The van der Waals surface area contributed by atoms with Crippen LogP contribution in [0.15, 0.2) is 59.5 Å². The summed E-state index contributed by atoms with van der Waals surface area (Å²) in [6.45, 7) is 2.10. The Morgan fingerprint density at radius 3 is 2.55 bits per heavy atom. The SMILES string of the molecule is Cc1ccc(S(=O)(=O)OCCC2C=Cc3ccccc32)cc1. The minimum absolute atomic E-state index is 0.180. The molecule has 1 aliphatic carbocycles. The van der Waals surface area contributed by atoms with Crippen molar-refractivity contribution in [1.29, 1.82) is 0 Å². The maximum atomic E-state index is 12.1. The number of benzene rings is 2. The summed E-state index contributed by atoms with van der Waals surface area (Å²) in [6, 6.07) is 14.8. The lowest BCUT2D eigenvalue weighted by atomic mass is 9.98. The molecule has 0 saturated heterocycles. The molecular formula is C18H18O3S. The van der Waals surface area contributed by atoms with Crippen molar-refractivity contribution >= 4 is 16.2 Å². The summed E-state index contributed by atoms with van der Waals surface area (Å²) in [5.41, 5.74) is 3.46. The third-order valence-corrected chi connectivity index (χ3v) is 5.21. The first-order valence-corrected chi connectivity index (χ1v) is 8.70. The molecule has 0 spiro atoms. The molecule has 0 bridgehead atoms. The Kier molecular flexibility index (Phi) is 4.14. The zero-order valence-electron chi connectivity index (χ0n) is 12.4. The van der Waals surface area contributed by atoms with Crippen molar-refractivity contribution in [2.24, 2.45) is 0 Å². The van der Waals surface area contributed by atoms with E-state index < -0.39 is 10.1 Å². The fourth-order valence-electron chi connectivity index (χ4n) is 2.63. The summed E-state index contributed by atoms with van der Waals surface area (Å²) < 4.78 is 29.4. The molecule has 2 aromatic carbocycles. The fourth-order valence-corrected chi connectivity index (χ4v) is 3.55. The molecule has 1 aliphatic rings. The minimum atomic E-state index is -3.67. The molecule has 3 nitrogen and oxygen atoms in total. The van der Waals surface area contributed by atoms with E-state index in [0.717, 1.165) is 5.56 Å². The summed E-state index contributed by atoms with van der Waals surface area (Å²) in [4.78, 5) is 0.209. The van der Waals surface area contributed by atoms with E-state index in [1.807, 2.05) is 19.1 Å². The van der Waals surface area contributed by atoms with Gasteiger partial charge in [0.1, 0.15) is 0 Å². The maximum Gasteiger partial charge on any atom is 0.296 e.